The molecule has 1 aliphatic rings. The number of nitrogens with zero attached hydrogens (tertiary/aromatic N) is 1. The van der Waals surface area contributed by atoms with E-state index in [1.165, 1.54) is 12.1 Å². The van der Waals surface area contributed by atoms with E-state index in [4.69, 9.17) is 4.74 Å². The number of carbonyl (C=O) groups is 2. The summed E-state index contributed by atoms with van der Waals surface area (Å²) in [5.41, 5.74) is 1.05. The molecule has 0 aliphatic carbocycles. The number of rotatable bonds is 1. The van der Waals surface area contributed by atoms with Gasteiger partial charge < -0.3 is 9.64 Å². The van der Waals surface area contributed by atoms with Crippen molar-refractivity contribution in [3.63, 3.8) is 0 Å². The zero-order chi connectivity index (χ0) is 13.8. The number of fused-ring (bicyclic) bond motifs is 1. The van der Waals surface area contributed by atoms with Crippen molar-refractivity contribution in [1.29, 1.82) is 0 Å². The van der Waals surface area contributed by atoms with Gasteiger partial charge in [-0.1, -0.05) is 0 Å². The van der Waals surface area contributed by atoms with Crippen molar-refractivity contribution in [3.05, 3.63) is 29.1 Å². The van der Waals surface area contributed by atoms with Crippen molar-refractivity contribution in [3.8, 4) is 5.75 Å². The molecule has 1 aromatic carbocycles. The van der Waals surface area contributed by atoms with Gasteiger partial charge in [0.05, 0.1) is 12.1 Å². The van der Waals surface area contributed by atoms with Crippen molar-refractivity contribution < 1.29 is 18.7 Å². The lowest BCUT2D eigenvalue weighted by Gasteiger charge is -2.21. The Morgan fingerprint density at radius 3 is 2.89 bits per heavy atom. The van der Waals surface area contributed by atoms with Gasteiger partial charge in [0.15, 0.2) is 5.78 Å². The second-order valence-electron chi connectivity index (χ2n) is 4.61. The zero-order valence-electron chi connectivity index (χ0n) is 10.8. The van der Waals surface area contributed by atoms with E-state index in [1.807, 2.05) is 0 Å². The molecule has 0 spiro atoms. The fourth-order valence-electron chi connectivity index (χ4n) is 2.24. The summed E-state index contributed by atoms with van der Waals surface area (Å²) >= 11 is 0. The molecule has 0 bridgehead atoms. The highest BCUT2D eigenvalue weighted by Crippen LogP contribution is 2.26. The molecule has 0 N–H and O–H groups in total. The van der Waals surface area contributed by atoms with E-state index in [9.17, 15) is 14.0 Å². The van der Waals surface area contributed by atoms with Gasteiger partial charge in [-0.3, -0.25) is 9.59 Å². The van der Waals surface area contributed by atoms with Crippen LogP contribution in [0.2, 0.25) is 0 Å². The van der Waals surface area contributed by atoms with Crippen LogP contribution in [0.4, 0.5) is 4.39 Å². The summed E-state index contributed by atoms with van der Waals surface area (Å²) in [6.45, 7) is 2.93. The summed E-state index contributed by atoms with van der Waals surface area (Å²) in [5.74, 6) is -0.219. The SMILES string of the molecule is Cc1cc(F)cc2c1C(=O)CCCN(C=O)CCO2. The Balaban J connectivity index is 2.32. The van der Waals surface area contributed by atoms with Crippen LogP contribution in [0.5, 0.6) is 5.75 Å². The molecule has 0 saturated heterocycles. The Labute approximate surface area is 111 Å². The molecule has 2 rings (SSSR count). The topological polar surface area (TPSA) is 46.6 Å². The highest BCUT2D eigenvalue weighted by atomic mass is 19.1. The molecule has 5 heteroatoms. The standard InChI is InChI=1S/C14H16FNO3/c1-10-7-11(15)8-13-14(10)12(18)3-2-4-16(9-17)5-6-19-13/h7-9H,2-6H2,1H3. The average Bonchev–Trinajstić information content (AvgIpc) is 2.35. The van der Waals surface area contributed by atoms with Crippen molar-refractivity contribution >= 4 is 12.2 Å². The highest BCUT2D eigenvalue weighted by molar-refractivity contribution is 6.00. The molecular weight excluding hydrogens is 249 g/mol. The number of ketones is 1. The van der Waals surface area contributed by atoms with Crippen LogP contribution in [-0.4, -0.2) is 36.8 Å². The van der Waals surface area contributed by atoms with E-state index in [1.54, 1.807) is 11.8 Å². The monoisotopic (exact) mass is 265 g/mol. The van der Waals surface area contributed by atoms with Gasteiger partial charge in [-0.15, -0.1) is 0 Å². The van der Waals surface area contributed by atoms with E-state index in [-0.39, 0.29) is 18.1 Å². The Morgan fingerprint density at radius 1 is 1.37 bits per heavy atom. The minimum absolute atomic E-state index is 0.0692. The maximum Gasteiger partial charge on any atom is 0.209 e. The van der Waals surface area contributed by atoms with Crippen LogP contribution in [0, 0.1) is 12.7 Å². The number of Topliss-reactive ketones (excluding diaryl/α,β-unsaturated/α-hetero) is 1. The number of halogens is 1. The van der Waals surface area contributed by atoms with E-state index >= 15 is 0 Å². The maximum absolute atomic E-state index is 13.4. The van der Waals surface area contributed by atoms with Crippen molar-refractivity contribution in [2.75, 3.05) is 19.7 Å². The van der Waals surface area contributed by atoms with E-state index in [0.29, 0.717) is 37.1 Å². The molecule has 1 heterocycles. The lowest BCUT2D eigenvalue weighted by Crippen LogP contribution is -2.29. The van der Waals surface area contributed by atoms with Gasteiger partial charge >= 0.3 is 0 Å². The molecule has 0 saturated carbocycles. The van der Waals surface area contributed by atoms with Gasteiger partial charge in [0.1, 0.15) is 18.2 Å². The molecule has 1 aromatic rings. The Kier molecular flexibility index (Phi) is 4.14. The molecule has 0 radical (unpaired) electrons. The second kappa shape index (κ2) is 5.82. The normalized spacial score (nSPS) is 16.5. The van der Waals surface area contributed by atoms with Gasteiger partial charge in [0.25, 0.3) is 0 Å². The number of ether oxygens (including phenoxy) is 1. The van der Waals surface area contributed by atoms with Crippen molar-refractivity contribution in [1.82, 2.24) is 4.90 Å². The van der Waals surface area contributed by atoms with E-state index in [0.717, 1.165) is 6.41 Å². The predicted molar refractivity (Wildman–Crippen MR) is 67.8 cm³/mol. The number of carbonyl (C=O) groups excluding carboxylic acids is 2. The third-order valence-electron chi connectivity index (χ3n) is 3.18. The number of aryl methyl sites for hydroxylation is 1. The summed E-state index contributed by atoms with van der Waals surface area (Å²) in [7, 11) is 0. The smallest absolute Gasteiger partial charge is 0.209 e. The van der Waals surface area contributed by atoms with Gasteiger partial charge in [-0.2, -0.15) is 0 Å². The van der Waals surface area contributed by atoms with Gasteiger partial charge in [0, 0.05) is 19.0 Å². The minimum atomic E-state index is -0.423. The Bertz CT molecular complexity index is 502. The van der Waals surface area contributed by atoms with Gasteiger partial charge in [0.2, 0.25) is 6.41 Å². The summed E-state index contributed by atoms with van der Waals surface area (Å²) in [4.78, 5) is 24.5. The lowest BCUT2D eigenvalue weighted by molar-refractivity contribution is -0.118. The zero-order valence-corrected chi connectivity index (χ0v) is 10.8. The first-order chi connectivity index (χ1) is 9.11. The second-order valence-corrected chi connectivity index (χ2v) is 4.61. The first-order valence-electron chi connectivity index (χ1n) is 6.27. The van der Waals surface area contributed by atoms with Crippen LogP contribution in [0.1, 0.15) is 28.8 Å². The number of hydrogen-bond acceptors (Lipinski definition) is 3. The molecule has 0 unspecified atom stereocenters. The summed E-state index contributed by atoms with van der Waals surface area (Å²) < 4.78 is 18.9. The molecule has 4 nitrogen and oxygen atoms in total. The van der Waals surface area contributed by atoms with E-state index < -0.39 is 5.82 Å². The molecule has 0 aromatic heterocycles. The largest absolute Gasteiger partial charge is 0.491 e. The molecule has 102 valence electrons. The van der Waals surface area contributed by atoms with Crippen molar-refractivity contribution in [2.24, 2.45) is 0 Å². The molecule has 0 fully saturated rings. The first kappa shape index (κ1) is 13.5. The highest BCUT2D eigenvalue weighted by Gasteiger charge is 2.19. The summed E-state index contributed by atoms with van der Waals surface area (Å²) in [5, 5.41) is 0. The summed E-state index contributed by atoms with van der Waals surface area (Å²) in [6, 6.07) is 2.57. The Morgan fingerprint density at radius 2 is 2.16 bits per heavy atom. The van der Waals surface area contributed by atoms with Crippen LogP contribution in [-0.2, 0) is 4.79 Å². The summed E-state index contributed by atoms with van der Waals surface area (Å²) in [6.07, 6.45) is 1.67. The van der Waals surface area contributed by atoms with Crippen LogP contribution in [0.3, 0.4) is 0 Å². The average molecular weight is 265 g/mol. The third-order valence-corrected chi connectivity index (χ3v) is 3.18. The first-order valence-corrected chi connectivity index (χ1v) is 6.27. The van der Waals surface area contributed by atoms with Crippen LogP contribution < -0.4 is 4.74 Å². The predicted octanol–water partition coefficient (Wildman–Crippen LogP) is 1.95. The molecular formula is C14H16FNO3. The fourth-order valence-corrected chi connectivity index (χ4v) is 2.24. The number of hydrogen-bond donors (Lipinski definition) is 0. The molecule has 1 aliphatic heterocycles. The fraction of sp³-hybridized carbons (Fsp3) is 0.429. The third kappa shape index (κ3) is 3.10. The van der Waals surface area contributed by atoms with Crippen molar-refractivity contribution in [2.45, 2.75) is 19.8 Å². The van der Waals surface area contributed by atoms with Crippen LogP contribution >= 0.6 is 0 Å². The lowest BCUT2D eigenvalue weighted by atomic mass is 9.99. The van der Waals surface area contributed by atoms with Gasteiger partial charge in [-0.25, -0.2) is 4.39 Å². The van der Waals surface area contributed by atoms with Crippen LogP contribution in [0.25, 0.3) is 0 Å². The maximum atomic E-state index is 13.4. The number of amides is 1. The van der Waals surface area contributed by atoms with Gasteiger partial charge in [-0.05, 0) is 25.0 Å². The number of benzene rings is 1. The Hall–Kier alpha value is -1.91. The quantitative estimate of drug-likeness (QED) is 0.729. The van der Waals surface area contributed by atoms with E-state index in [2.05, 4.69) is 0 Å². The minimum Gasteiger partial charge on any atom is -0.491 e. The molecule has 19 heavy (non-hydrogen) atoms. The van der Waals surface area contributed by atoms with Crippen LogP contribution in [0.15, 0.2) is 12.1 Å². The molecule has 1 amide bonds. The molecule has 0 atom stereocenters.